The lowest BCUT2D eigenvalue weighted by Gasteiger charge is -2.00. The Hall–Kier alpha value is -1.19. The quantitative estimate of drug-likeness (QED) is 0.261. The minimum Gasteiger partial charge on any atom is -0.233 e. The van der Waals surface area contributed by atoms with Gasteiger partial charge in [0.15, 0.2) is 10.0 Å². The molecule has 0 saturated carbocycles. The van der Waals surface area contributed by atoms with Crippen molar-refractivity contribution in [2.45, 2.75) is 0 Å². The van der Waals surface area contributed by atoms with E-state index in [0.29, 0.717) is 5.12 Å². The first-order valence-corrected chi connectivity index (χ1v) is 3.57. The molecule has 2 N–H and O–H groups in total. The van der Waals surface area contributed by atoms with Gasteiger partial charge in [-0.3, -0.25) is 0 Å². The van der Waals surface area contributed by atoms with Crippen molar-refractivity contribution in [2.24, 2.45) is 0 Å². The van der Waals surface area contributed by atoms with Gasteiger partial charge in [0.05, 0.1) is 0 Å². The summed E-state index contributed by atoms with van der Waals surface area (Å²) in [5.41, 5.74) is 4.17. The summed E-state index contributed by atoms with van der Waals surface area (Å²) in [6.45, 7) is -0.289. The summed E-state index contributed by atoms with van der Waals surface area (Å²) in [5.74, 6) is 0. The maximum absolute atomic E-state index is 10.2. The molecule has 1 aliphatic rings. The van der Waals surface area contributed by atoms with Crippen molar-refractivity contribution in [3.05, 3.63) is 10.1 Å². The minimum atomic E-state index is -2.43. The molecule has 8 nitrogen and oxygen atoms in total. The third-order valence-corrected chi connectivity index (χ3v) is 1.65. The predicted molar refractivity (Wildman–Crippen MR) is 33.9 cm³/mol. The van der Waals surface area contributed by atoms with Crippen LogP contribution in [0.2, 0.25) is 0 Å². The molecule has 0 aromatic carbocycles. The summed E-state index contributed by atoms with van der Waals surface area (Å²) in [6, 6.07) is 0. The molecule has 1 rings (SSSR count). The molecule has 0 aliphatic carbocycles. The van der Waals surface area contributed by atoms with Gasteiger partial charge in [0.2, 0.25) is 10.3 Å². The fraction of sp³-hybridized carbons (Fsp3) is 0.500. The van der Waals surface area contributed by atoms with E-state index < -0.39 is 15.3 Å². The van der Waals surface area contributed by atoms with Crippen molar-refractivity contribution in [1.29, 1.82) is 0 Å². The number of nitrogens with one attached hydrogen (secondary N) is 2. The van der Waals surface area contributed by atoms with Crippen LogP contribution >= 0.6 is 0 Å². The number of nitro groups is 1. The van der Waals surface area contributed by atoms with Gasteiger partial charge in [-0.1, -0.05) is 0 Å². The van der Waals surface area contributed by atoms with Crippen LogP contribution in [0.3, 0.4) is 0 Å². The van der Waals surface area contributed by atoms with E-state index >= 15 is 0 Å². The Morgan fingerprint density at radius 3 is 2.55 bits per heavy atom. The molecule has 1 heterocycles. The second-order valence-electron chi connectivity index (χ2n) is 1.69. The van der Waals surface area contributed by atoms with Crippen molar-refractivity contribution in [3.8, 4) is 0 Å². The first kappa shape index (κ1) is 7.91. The first-order valence-electron chi connectivity index (χ1n) is 2.50. The van der Waals surface area contributed by atoms with E-state index in [4.69, 9.17) is 0 Å². The maximum Gasteiger partial charge on any atom is 0.231 e. The van der Waals surface area contributed by atoms with Gasteiger partial charge in [0.25, 0.3) is 0 Å². The molecule has 0 radical (unpaired) electrons. The first-order chi connectivity index (χ1) is 5.11. The van der Waals surface area contributed by atoms with E-state index in [0.717, 1.165) is 0 Å². The molecule has 0 aromatic heterocycles. The van der Waals surface area contributed by atoms with Crippen LogP contribution in [0.1, 0.15) is 0 Å². The number of hydrogen-bond donors (Lipinski definition) is 2. The van der Waals surface area contributed by atoms with Crippen LogP contribution in [0.5, 0.6) is 0 Å². The molecule has 0 bridgehead atoms. The molecule has 1 aliphatic heterocycles. The fourth-order valence-electron chi connectivity index (χ4n) is 0.535. The third kappa shape index (κ3) is 1.63. The molecule has 9 heteroatoms. The van der Waals surface area contributed by atoms with Gasteiger partial charge in [-0.25, -0.2) is 10.1 Å². The Morgan fingerprint density at radius 2 is 2.27 bits per heavy atom. The van der Waals surface area contributed by atoms with Crippen LogP contribution in [0.15, 0.2) is 0 Å². The minimum absolute atomic E-state index is 0.151. The summed E-state index contributed by atoms with van der Waals surface area (Å²) in [6.07, 6.45) is 0. The van der Waals surface area contributed by atoms with E-state index in [-0.39, 0.29) is 11.5 Å². The summed E-state index contributed by atoms with van der Waals surface area (Å²) < 4.78 is 20.4. The van der Waals surface area contributed by atoms with Crippen LogP contribution in [0.4, 0.5) is 0 Å². The molecule has 11 heavy (non-hydrogen) atoms. The highest BCUT2D eigenvalue weighted by atomic mass is 32.2. The summed E-state index contributed by atoms with van der Waals surface area (Å²) in [7, 11) is -2.43. The van der Waals surface area contributed by atoms with E-state index in [1.807, 2.05) is 5.53 Å². The summed E-state index contributed by atoms with van der Waals surface area (Å²) in [5, 5.41) is 9.75. The summed E-state index contributed by atoms with van der Waals surface area (Å²) in [4.78, 5) is 9.83. The van der Waals surface area contributed by atoms with E-state index in [1.165, 1.54) is 0 Å². The highest BCUT2D eigenvalue weighted by molar-refractivity contribution is 7.72. The Morgan fingerprint density at radius 1 is 1.64 bits per heavy atom. The van der Waals surface area contributed by atoms with Gasteiger partial charge in [0, 0.05) is 0 Å². The topological polar surface area (TPSA) is 105 Å². The SMILES string of the molecule is O=[N+]([O-])N1CC(=S(=O)=O)NN1. The van der Waals surface area contributed by atoms with E-state index in [1.54, 1.807) is 0 Å². The smallest absolute Gasteiger partial charge is 0.231 e. The number of hydrazine groups is 3. The standard InChI is InChI=1S/C2H4N4O4S/c7-6(8)5-1-2(3-4-5)11(9)10/h3-4H,1H2. The summed E-state index contributed by atoms with van der Waals surface area (Å²) >= 11 is 0. The molecule has 0 atom stereocenters. The highest BCUT2D eigenvalue weighted by Gasteiger charge is 2.25. The zero-order valence-electron chi connectivity index (χ0n) is 5.14. The number of rotatable bonds is 1. The van der Waals surface area contributed by atoms with Gasteiger partial charge in [-0.05, 0) is 5.12 Å². The second kappa shape index (κ2) is 2.82. The van der Waals surface area contributed by atoms with Crippen LogP contribution in [-0.2, 0) is 10.3 Å². The van der Waals surface area contributed by atoms with Crippen molar-refractivity contribution < 1.29 is 13.5 Å². The lowest BCUT2D eigenvalue weighted by Crippen LogP contribution is -2.40. The van der Waals surface area contributed by atoms with Crippen molar-refractivity contribution in [2.75, 3.05) is 6.54 Å². The molecular formula is C2H4N4O4S. The lowest BCUT2D eigenvalue weighted by molar-refractivity contribution is -0.665. The zero-order chi connectivity index (χ0) is 8.43. The molecule has 1 saturated heterocycles. The lowest BCUT2D eigenvalue weighted by atomic mass is 10.7. The highest BCUT2D eigenvalue weighted by Crippen LogP contribution is 1.87. The van der Waals surface area contributed by atoms with Gasteiger partial charge in [-0.15, -0.1) is 5.53 Å². The van der Waals surface area contributed by atoms with Gasteiger partial charge in [0.1, 0.15) is 6.54 Å². The molecule has 0 aromatic rings. The van der Waals surface area contributed by atoms with Gasteiger partial charge < -0.3 is 0 Å². The van der Waals surface area contributed by atoms with Crippen molar-refractivity contribution in [1.82, 2.24) is 16.1 Å². The molecule has 62 valence electrons. The monoisotopic (exact) mass is 180 g/mol. The van der Waals surface area contributed by atoms with Gasteiger partial charge in [-0.2, -0.15) is 13.8 Å². The molecule has 0 spiro atoms. The fourth-order valence-corrected chi connectivity index (χ4v) is 0.892. The van der Waals surface area contributed by atoms with E-state index in [2.05, 4.69) is 5.43 Å². The maximum atomic E-state index is 10.2. The Labute approximate surface area is 62.4 Å². The Kier molecular flexibility index (Phi) is 2.03. The zero-order valence-corrected chi connectivity index (χ0v) is 5.96. The number of nitrogens with zero attached hydrogens (tertiary/aromatic N) is 2. The van der Waals surface area contributed by atoms with Crippen molar-refractivity contribution in [3.63, 3.8) is 0 Å². The average Bonchev–Trinajstić information content (AvgIpc) is 2.33. The van der Waals surface area contributed by atoms with Crippen molar-refractivity contribution >= 4 is 15.3 Å². The Bertz CT molecular complexity index is 298. The largest absolute Gasteiger partial charge is 0.233 e. The molecule has 0 unspecified atom stereocenters. The number of hydrogen-bond acceptors (Lipinski definition) is 5. The van der Waals surface area contributed by atoms with Gasteiger partial charge >= 0.3 is 0 Å². The molecule has 0 amide bonds. The molecular weight excluding hydrogens is 176 g/mol. The van der Waals surface area contributed by atoms with Crippen LogP contribution in [-0.4, -0.2) is 30.1 Å². The predicted octanol–water partition coefficient (Wildman–Crippen LogP) is -2.49. The Balaban J connectivity index is 2.77. The average molecular weight is 180 g/mol. The second-order valence-corrected chi connectivity index (χ2v) is 2.65. The van der Waals surface area contributed by atoms with E-state index in [9.17, 15) is 18.5 Å². The van der Waals surface area contributed by atoms with Crippen LogP contribution in [0, 0.1) is 10.1 Å². The third-order valence-electron chi connectivity index (χ3n) is 1.02. The van der Waals surface area contributed by atoms with Crippen LogP contribution in [0.25, 0.3) is 0 Å². The normalized spacial score (nSPS) is 17.1. The van der Waals surface area contributed by atoms with Crippen LogP contribution < -0.4 is 11.0 Å². The molecule has 1 fully saturated rings.